The highest BCUT2D eigenvalue weighted by Gasteiger charge is 2.15. The van der Waals surface area contributed by atoms with Gasteiger partial charge < -0.3 is 10.2 Å². The lowest BCUT2D eigenvalue weighted by molar-refractivity contribution is 0.503. The molecule has 0 aliphatic heterocycles. The first-order valence-electron chi connectivity index (χ1n) is 6.44. The highest BCUT2D eigenvalue weighted by molar-refractivity contribution is 7.10. The minimum atomic E-state index is -0.0389. The van der Waals surface area contributed by atoms with Crippen LogP contribution in [-0.4, -0.2) is 4.98 Å². The van der Waals surface area contributed by atoms with Gasteiger partial charge >= 0.3 is 0 Å². The van der Waals surface area contributed by atoms with Gasteiger partial charge in [-0.25, -0.2) is 4.98 Å². The van der Waals surface area contributed by atoms with E-state index in [2.05, 4.69) is 23.4 Å². The number of hydrogen-bond donors (Lipinski definition) is 1. The molecule has 19 heavy (non-hydrogen) atoms. The molecular formula is C15H16N2OS. The number of nitrogens with zero attached hydrogens (tertiary/aromatic N) is 1. The fraction of sp³-hybridized carbons (Fsp3) is 0.267. The molecule has 0 spiro atoms. The first-order valence-corrected chi connectivity index (χ1v) is 7.32. The standard InChI is InChI=1S/C15H16N2OS/c1-2-10-7-8-19-15(10)11(16)9-14-17-12-5-3-4-6-13(12)18-14/h3-8,11H,2,9,16H2,1H3. The molecule has 3 aromatic rings. The summed E-state index contributed by atoms with van der Waals surface area (Å²) < 4.78 is 5.72. The Hall–Kier alpha value is -1.65. The molecule has 0 fully saturated rings. The van der Waals surface area contributed by atoms with Gasteiger partial charge in [-0.15, -0.1) is 11.3 Å². The minimum absolute atomic E-state index is 0.0389. The largest absolute Gasteiger partial charge is 0.441 e. The van der Waals surface area contributed by atoms with E-state index < -0.39 is 0 Å². The van der Waals surface area contributed by atoms with Crippen LogP contribution in [0.15, 0.2) is 40.1 Å². The number of fused-ring (bicyclic) bond motifs is 1. The first-order chi connectivity index (χ1) is 9.28. The molecule has 1 unspecified atom stereocenters. The molecule has 0 amide bonds. The molecule has 98 valence electrons. The van der Waals surface area contributed by atoms with Crippen molar-refractivity contribution in [1.29, 1.82) is 0 Å². The normalized spacial score (nSPS) is 12.9. The molecule has 1 aromatic carbocycles. The second kappa shape index (κ2) is 5.15. The minimum Gasteiger partial charge on any atom is -0.441 e. The van der Waals surface area contributed by atoms with Gasteiger partial charge in [0.1, 0.15) is 5.52 Å². The Balaban J connectivity index is 1.84. The lowest BCUT2D eigenvalue weighted by Gasteiger charge is -2.09. The van der Waals surface area contributed by atoms with E-state index in [1.54, 1.807) is 11.3 Å². The summed E-state index contributed by atoms with van der Waals surface area (Å²) >= 11 is 1.71. The fourth-order valence-corrected chi connectivity index (χ4v) is 3.25. The van der Waals surface area contributed by atoms with Crippen LogP contribution in [0, 0.1) is 0 Å². The number of para-hydroxylation sites is 2. The Labute approximate surface area is 116 Å². The van der Waals surface area contributed by atoms with Gasteiger partial charge in [0.2, 0.25) is 0 Å². The van der Waals surface area contributed by atoms with Crippen molar-refractivity contribution < 1.29 is 4.42 Å². The third kappa shape index (κ3) is 2.41. The third-order valence-electron chi connectivity index (χ3n) is 3.23. The van der Waals surface area contributed by atoms with Crippen LogP contribution < -0.4 is 5.73 Å². The summed E-state index contributed by atoms with van der Waals surface area (Å²) in [6.07, 6.45) is 1.66. The number of benzene rings is 1. The molecule has 1 atom stereocenters. The smallest absolute Gasteiger partial charge is 0.197 e. The molecule has 0 saturated heterocycles. The first kappa shape index (κ1) is 12.4. The van der Waals surface area contributed by atoms with Crippen LogP contribution in [0.4, 0.5) is 0 Å². The number of aromatic nitrogens is 1. The SMILES string of the molecule is CCc1ccsc1C(N)Cc1nc2ccccc2o1. The van der Waals surface area contributed by atoms with Crippen molar-refractivity contribution in [3.8, 4) is 0 Å². The molecule has 4 heteroatoms. The van der Waals surface area contributed by atoms with Gasteiger partial charge in [0.25, 0.3) is 0 Å². The van der Waals surface area contributed by atoms with Crippen molar-refractivity contribution in [2.45, 2.75) is 25.8 Å². The average molecular weight is 272 g/mol. The quantitative estimate of drug-likeness (QED) is 0.788. The van der Waals surface area contributed by atoms with Crippen molar-refractivity contribution in [1.82, 2.24) is 4.98 Å². The van der Waals surface area contributed by atoms with Crippen molar-refractivity contribution in [3.63, 3.8) is 0 Å². The fourth-order valence-electron chi connectivity index (χ4n) is 2.25. The topological polar surface area (TPSA) is 52.0 Å². The monoisotopic (exact) mass is 272 g/mol. The van der Waals surface area contributed by atoms with Gasteiger partial charge in [0.15, 0.2) is 11.5 Å². The summed E-state index contributed by atoms with van der Waals surface area (Å²) in [5, 5.41) is 2.10. The van der Waals surface area contributed by atoms with Gasteiger partial charge in [-0.1, -0.05) is 19.1 Å². The number of aryl methyl sites for hydroxylation is 1. The van der Waals surface area contributed by atoms with E-state index in [9.17, 15) is 0 Å². The van der Waals surface area contributed by atoms with Crippen LogP contribution >= 0.6 is 11.3 Å². The molecule has 0 aliphatic carbocycles. The zero-order chi connectivity index (χ0) is 13.2. The van der Waals surface area contributed by atoms with Crippen molar-refractivity contribution in [2.24, 2.45) is 5.73 Å². The van der Waals surface area contributed by atoms with Crippen LogP contribution in [0.2, 0.25) is 0 Å². The summed E-state index contributed by atoms with van der Waals surface area (Å²) in [5.74, 6) is 0.712. The lowest BCUT2D eigenvalue weighted by Crippen LogP contribution is -2.13. The summed E-state index contributed by atoms with van der Waals surface area (Å²) in [4.78, 5) is 5.72. The third-order valence-corrected chi connectivity index (χ3v) is 4.32. The van der Waals surface area contributed by atoms with Gasteiger partial charge in [-0.05, 0) is 35.6 Å². The predicted octanol–water partition coefficient (Wildman–Crippen LogP) is 3.69. The van der Waals surface area contributed by atoms with Gasteiger partial charge in [0.05, 0.1) is 0 Å². The molecule has 3 nitrogen and oxygen atoms in total. The van der Waals surface area contributed by atoms with E-state index in [0.29, 0.717) is 12.3 Å². The second-order valence-corrected chi connectivity index (χ2v) is 5.50. The Morgan fingerprint density at radius 2 is 2.16 bits per heavy atom. The summed E-state index contributed by atoms with van der Waals surface area (Å²) in [6.45, 7) is 2.15. The van der Waals surface area contributed by atoms with Crippen LogP contribution in [0.5, 0.6) is 0 Å². The van der Waals surface area contributed by atoms with Crippen molar-refractivity contribution >= 4 is 22.4 Å². The second-order valence-electron chi connectivity index (χ2n) is 4.55. The number of nitrogens with two attached hydrogens (primary N) is 1. The van der Waals surface area contributed by atoms with Crippen LogP contribution in [0.25, 0.3) is 11.1 Å². The number of hydrogen-bond acceptors (Lipinski definition) is 4. The van der Waals surface area contributed by atoms with Crippen LogP contribution in [0.1, 0.15) is 29.3 Å². The van der Waals surface area contributed by atoms with Gasteiger partial charge in [-0.3, -0.25) is 0 Å². The van der Waals surface area contributed by atoms with E-state index in [1.165, 1.54) is 10.4 Å². The Morgan fingerprint density at radius 1 is 1.32 bits per heavy atom. The maximum absolute atomic E-state index is 6.28. The summed E-state index contributed by atoms with van der Waals surface area (Å²) in [6, 6.07) is 9.90. The lowest BCUT2D eigenvalue weighted by atomic mass is 10.1. The average Bonchev–Trinajstić information content (AvgIpc) is 3.03. The number of oxazole rings is 1. The van der Waals surface area contributed by atoms with E-state index >= 15 is 0 Å². The van der Waals surface area contributed by atoms with Crippen molar-refractivity contribution in [3.05, 3.63) is 52.0 Å². The van der Waals surface area contributed by atoms with Gasteiger partial charge in [0, 0.05) is 17.3 Å². The molecule has 0 aliphatic rings. The molecule has 0 bridgehead atoms. The molecule has 0 radical (unpaired) electrons. The van der Waals surface area contributed by atoms with Crippen LogP contribution in [-0.2, 0) is 12.8 Å². The molecule has 2 aromatic heterocycles. The number of thiophene rings is 1. The highest BCUT2D eigenvalue weighted by atomic mass is 32.1. The zero-order valence-electron chi connectivity index (χ0n) is 10.8. The van der Waals surface area contributed by atoms with E-state index in [0.717, 1.165) is 17.5 Å². The van der Waals surface area contributed by atoms with E-state index in [1.807, 2.05) is 24.3 Å². The molecule has 2 N–H and O–H groups in total. The Morgan fingerprint density at radius 3 is 2.95 bits per heavy atom. The summed E-state index contributed by atoms with van der Waals surface area (Å²) in [5.41, 5.74) is 9.33. The molecule has 2 heterocycles. The maximum atomic E-state index is 6.28. The molecule has 3 rings (SSSR count). The Kier molecular flexibility index (Phi) is 3.36. The molecule has 0 saturated carbocycles. The van der Waals surface area contributed by atoms with E-state index in [4.69, 9.17) is 10.2 Å². The Bertz CT molecular complexity index is 653. The van der Waals surface area contributed by atoms with Gasteiger partial charge in [-0.2, -0.15) is 0 Å². The number of rotatable bonds is 4. The predicted molar refractivity (Wildman–Crippen MR) is 78.3 cm³/mol. The molecular weight excluding hydrogens is 256 g/mol. The highest BCUT2D eigenvalue weighted by Crippen LogP contribution is 2.26. The van der Waals surface area contributed by atoms with E-state index in [-0.39, 0.29) is 6.04 Å². The summed E-state index contributed by atoms with van der Waals surface area (Å²) in [7, 11) is 0. The van der Waals surface area contributed by atoms with Crippen molar-refractivity contribution in [2.75, 3.05) is 0 Å². The maximum Gasteiger partial charge on any atom is 0.197 e. The zero-order valence-corrected chi connectivity index (χ0v) is 11.6. The van der Waals surface area contributed by atoms with Crippen LogP contribution in [0.3, 0.4) is 0 Å².